The minimum atomic E-state index is -1.28. The quantitative estimate of drug-likeness (QED) is 0.444. The van der Waals surface area contributed by atoms with E-state index in [0.717, 1.165) is 7.11 Å². The summed E-state index contributed by atoms with van der Waals surface area (Å²) in [6.07, 6.45) is -0.105. The van der Waals surface area contributed by atoms with Crippen LogP contribution < -0.4 is 10.6 Å². The van der Waals surface area contributed by atoms with Gasteiger partial charge in [0, 0.05) is 6.42 Å². The van der Waals surface area contributed by atoms with Crippen LogP contribution in [0.25, 0.3) is 0 Å². The minimum Gasteiger partial charge on any atom is -0.481 e. The molecule has 0 bridgehead atoms. The molecule has 0 spiro atoms. The lowest BCUT2D eigenvalue weighted by Gasteiger charge is -2.17. The van der Waals surface area contributed by atoms with Crippen LogP contribution in [-0.2, 0) is 19.1 Å². The van der Waals surface area contributed by atoms with E-state index in [-0.39, 0.29) is 19.3 Å². The van der Waals surface area contributed by atoms with Crippen molar-refractivity contribution in [1.82, 2.24) is 10.6 Å². The monoisotopic (exact) mass is 290 g/mol. The molecule has 1 unspecified atom stereocenters. The average Bonchev–Trinajstić information content (AvgIpc) is 2.35. The Morgan fingerprint density at radius 3 is 2.20 bits per heavy atom. The van der Waals surface area contributed by atoms with E-state index in [0.29, 0.717) is 0 Å². The second-order valence-corrected chi connectivity index (χ2v) is 4.04. The number of carbonyl (C=O) groups is 4. The summed E-state index contributed by atoms with van der Waals surface area (Å²) in [6, 6.07) is -2.99. The normalized spacial score (nSPS) is 12.9. The van der Waals surface area contributed by atoms with Crippen LogP contribution in [0.4, 0.5) is 4.79 Å². The van der Waals surface area contributed by atoms with Crippen LogP contribution in [0.5, 0.6) is 0 Å². The lowest BCUT2D eigenvalue weighted by molar-refractivity contribution is -0.142. The van der Waals surface area contributed by atoms with Crippen molar-refractivity contribution in [3.8, 4) is 0 Å². The zero-order valence-electron chi connectivity index (χ0n) is 11.2. The maximum absolute atomic E-state index is 11.5. The fraction of sp³-hybridized carbons (Fsp3) is 0.636. The van der Waals surface area contributed by atoms with Crippen molar-refractivity contribution in [1.29, 1.82) is 0 Å². The highest BCUT2D eigenvalue weighted by atomic mass is 16.5. The average molecular weight is 290 g/mol. The molecule has 0 fully saturated rings. The van der Waals surface area contributed by atoms with Gasteiger partial charge in [-0.05, 0) is 19.8 Å². The summed E-state index contributed by atoms with van der Waals surface area (Å²) < 4.78 is 4.39. The van der Waals surface area contributed by atoms with Gasteiger partial charge in [0.2, 0.25) is 0 Å². The van der Waals surface area contributed by atoms with Crippen molar-refractivity contribution in [3.05, 3.63) is 0 Å². The Kier molecular flexibility index (Phi) is 7.71. The van der Waals surface area contributed by atoms with Gasteiger partial charge >= 0.3 is 23.9 Å². The highest BCUT2D eigenvalue weighted by Gasteiger charge is 2.22. The molecule has 20 heavy (non-hydrogen) atoms. The molecule has 2 amide bonds. The number of esters is 1. The van der Waals surface area contributed by atoms with E-state index >= 15 is 0 Å². The number of amides is 2. The number of carbonyl (C=O) groups excluding carboxylic acids is 2. The molecule has 0 aliphatic rings. The zero-order chi connectivity index (χ0) is 15.7. The van der Waals surface area contributed by atoms with Crippen LogP contribution in [0.15, 0.2) is 0 Å². The fourth-order valence-electron chi connectivity index (χ4n) is 1.35. The van der Waals surface area contributed by atoms with Gasteiger partial charge in [-0.2, -0.15) is 0 Å². The van der Waals surface area contributed by atoms with Gasteiger partial charge in [0.15, 0.2) is 0 Å². The number of carboxylic acid groups (broad SMARTS) is 2. The SMILES string of the molecule is COC(=O)C(C)NC(=O)N[C@H](CCCC(=O)O)C(=O)O. The second-order valence-electron chi connectivity index (χ2n) is 4.04. The number of methoxy groups -OCH3 is 1. The van der Waals surface area contributed by atoms with Crippen molar-refractivity contribution < 1.29 is 34.1 Å². The van der Waals surface area contributed by atoms with E-state index in [1.165, 1.54) is 6.92 Å². The number of ether oxygens (including phenoxy) is 1. The molecule has 0 rings (SSSR count). The largest absolute Gasteiger partial charge is 0.481 e. The summed E-state index contributed by atoms with van der Waals surface area (Å²) in [5.74, 6) is -2.99. The molecule has 114 valence electrons. The molecule has 0 saturated heterocycles. The molecule has 0 aromatic rings. The summed E-state index contributed by atoms with van der Waals surface area (Å²) in [5.41, 5.74) is 0. The van der Waals surface area contributed by atoms with Crippen molar-refractivity contribution in [2.75, 3.05) is 7.11 Å². The number of carboxylic acids is 2. The number of nitrogens with one attached hydrogen (secondary N) is 2. The van der Waals surface area contributed by atoms with E-state index in [4.69, 9.17) is 10.2 Å². The standard InChI is InChI=1S/C11H18N2O7/c1-6(10(18)20-2)12-11(19)13-7(9(16)17)4-3-5-8(14)15/h6-7H,3-5H2,1-2H3,(H,14,15)(H,16,17)(H2,12,13,19)/t6?,7-/m1/s1. The minimum absolute atomic E-state index is 0.0261. The lowest BCUT2D eigenvalue weighted by Crippen LogP contribution is -2.50. The third-order valence-electron chi connectivity index (χ3n) is 2.39. The molecular formula is C11H18N2O7. The van der Waals surface area contributed by atoms with E-state index in [2.05, 4.69) is 15.4 Å². The first kappa shape index (κ1) is 17.7. The maximum atomic E-state index is 11.5. The number of rotatable bonds is 8. The maximum Gasteiger partial charge on any atom is 0.328 e. The molecule has 0 heterocycles. The van der Waals surface area contributed by atoms with Crippen LogP contribution in [0, 0.1) is 0 Å². The summed E-state index contributed by atoms with van der Waals surface area (Å²) in [7, 11) is 1.16. The Labute approximate surface area is 115 Å². The lowest BCUT2D eigenvalue weighted by atomic mass is 10.1. The highest BCUT2D eigenvalue weighted by Crippen LogP contribution is 2.02. The predicted molar refractivity (Wildman–Crippen MR) is 66.1 cm³/mol. The number of aliphatic carboxylic acids is 2. The molecule has 9 heteroatoms. The van der Waals surface area contributed by atoms with Crippen LogP contribution in [-0.4, -0.2) is 53.3 Å². The van der Waals surface area contributed by atoms with E-state index < -0.39 is 36.0 Å². The van der Waals surface area contributed by atoms with Gasteiger partial charge in [-0.3, -0.25) is 4.79 Å². The molecule has 0 saturated carbocycles. The van der Waals surface area contributed by atoms with Crippen molar-refractivity contribution in [3.63, 3.8) is 0 Å². The van der Waals surface area contributed by atoms with E-state index in [1.807, 2.05) is 0 Å². The van der Waals surface area contributed by atoms with Crippen molar-refractivity contribution >= 4 is 23.9 Å². The van der Waals surface area contributed by atoms with Crippen LogP contribution in [0.3, 0.4) is 0 Å². The number of hydrogen-bond acceptors (Lipinski definition) is 5. The Morgan fingerprint density at radius 1 is 1.15 bits per heavy atom. The van der Waals surface area contributed by atoms with Gasteiger partial charge in [0.25, 0.3) is 0 Å². The van der Waals surface area contributed by atoms with Crippen molar-refractivity contribution in [2.24, 2.45) is 0 Å². The number of urea groups is 1. The third kappa shape index (κ3) is 7.19. The third-order valence-corrected chi connectivity index (χ3v) is 2.39. The summed E-state index contributed by atoms with van der Waals surface area (Å²) in [4.78, 5) is 43.8. The second kappa shape index (κ2) is 8.73. The van der Waals surface area contributed by atoms with E-state index in [9.17, 15) is 19.2 Å². The van der Waals surface area contributed by atoms with Gasteiger partial charge in [-0.15, -0.1) is 0 Å². The fourth-order valence-corrected chi connectivity index (χ4v) is 1.35. The van der Waals surface area contributed by atoms with Gasteiger partial charge < -0.3 is 25.6 Å². The first-order valence-electron chi connectivity index (χ1n) is 5.87. The molecule has 0 radical (unpaired) electrons. The van der Waals surface area contributed by atoms with Gasteiger partial charge in [0.05, 0.1) is 7.11 Å². The number of hydrogen-bond donors (Lipinski definition) is 4. The van der Waals surface area contributed by atoms with Crippen molar-refractivity contribution in [2.45, 2.75) is 38.3 Å². The van der Waals surface area contributed by atoms with E-state index in [1.54, 1.807) is 0 Å². The summed E-state index contributed by atoms with van der Waals surface area (Å²) >= 11 is 0. The Bertz CT molecular complexity index is 383. The molecule has 2 atom stereocenters. The molecule has 0 aromatic carbocycles. The predicted octanol–water partition coefficient (Wildman–Crippen LogP) is -0.445. The van der Waals surface area contributed by atoms with Gasteiger partial charge in [-0.1, -0.05) is 0 Å². The Balaban J connectivity index is 4.30. The van der Waals surface area contributed by atoms with Crippen LogP contribution in [0.2, 0.25) is 0 Å². The van der Waals surface area contributed by atoms with Crippen LogP contribution in [0.1, 0.15) is 26.2 Å². The molecule has 0 aliphatic heterocycles. The topological polar surface area (TPSA) is 142 Å². The molecule has 0 aromatic heterocycles. The molecule has 0 aliphatic carbocycles. The first-order chi connectivity index (χ1) is 9.27. The highest BCUT2D eigenvalue weighted by molar-refractivity contribution is 5.86. The summed E-state index contributed by atoms with van der Waals surface area (Å²) in [6.45, 7) is 1.38. The molecule has 9 nitrogen and oxygen atoms in total. The molecule has 4 N–H and O–H groups in total. The first-order valence-corrected chi connectivity index (χ1v) is 5.87. The smallest absolute Gasteiger partial charge is 0.328 e. The zero-order valence-corrected chi connectivity index (χ0v) is 11.2. The Morgan fingerprint density at radius 2 is 1.75 bits per heavy atom. The van der Waals surface area contributed by atoms with Crippen LogP contribution >= 0.6 is 0 Å². The van der Waals surface area contributed by atoms with Gasteiger partial charge in [0.1, 0.15) is 12.1 Å². The summed E-state index contributed by atoms with van der Waals surface area (Å²) in [5, 5.41) is 21.7. The molecular weight excluding hydrogens is 272 g/mol. The Hall–Kier alpha value is -2.32. The van der Waals surface area contributed by atoms with Gasteiger partial charge in [-0.25, -0.2) is 14.4 Å².